The molecule has 1 fully saturated rings. The Kier molecular flexibility index (Phi) is 3.73. The third-order valence-electron chi connectivity index (χ3n) is 4.06. The normalized spacial score (nSPS) is 20.9. The van der Waals surface area contributed by atoms with Crippen molar-refractivity contribution in [1.82, 2.24) is 19.3 Å². The van der Waals surface area contributed by atoms with E-state index in [2.05, 4.69) is 9.67 Å². The Balaban J connectivity index is 1.95. The average Bonchev–Trinajstić information content (AvgIpc) is 3.07. The van der Waals surface area contributed by atoms with Crippen molar-refractivity contribution in [2.45, 2.75) is 38.6 Å². The van der Waals surface area contributed by atoms with Gasteiger partial charge in [-0.1, -0.05) is 0 Å². The second kappa shape index (κ2) is 5.37. The Morgan fingerprint density at radius 3 is 2.95 bits per heavy atom. The summed E-state index contributed by atoms with van der Waals surface area (Å²) >= 11 is 6.30. The van der Waals surface area contributed by atoms with E-state index in [1.54, 1.807) is 0 Å². The molecule has 1 aliphatic rings. The summed E-state index contributed by atoms with van der Waals surface area (Å²) in [7, 11) is 1.97. The number of fused-ring (bicyclic) bond motifs is 1. The highest BCUT2D eigenvalue weighted by Crippen LogP contribution is 2.27. The van der Waals surface area contributed by atoms with Gasteiger partial charge in [0.15, 0.2) is 5.65 Å². The number of imidazole rings is 1. The number of aryl methyl sites for hydroxylation is 3. The van der Waals surface area contributed by atoms with Crippen molar-refractivity contribution in [2.24, 2.45) is 13.0 Å². The smallest absolute Gasteiger partial charge is 0.158 e. The van der Waals surface area contributed by atoms with Gasteiger partial charge in [0.1, 0.15) is 11.3 Å². The lowest BCUT2D eigenvalue weighted by Gasteiger charge is -2.13. The van der Waals surface area contributed by atoms with Crippen LogP contribution >= 0.6 is 11.6 Å². The summed E-state index contributed by atoms with van der Waals surface area (Å²) in [6, 6.07) is 0. The van der Waals surface area contributed by atoms with Crippen LogP contribution in [0.1, 0.15) is 36.7 Å². The molecule has 5 nitrogen and oxygen atoms in total. The quantitative estimate of drug-likeness (QED) is 0.815. The van der Waals surface area contributed by atoms with E-state index in [0.717, 1.165) is 55.3 Å². The molecule has 0 amide bonds. The largest absolute Gasteiger partial charge is 0.381 e. The average molecular weight is 297 g/mol. The van der Waals surface area contributed by atoms with E-state index in [9.17, 15) is 0 Å². The Bertz CT molecular complexity index is 610. The minimum Gasteiger partial charge on any atom is -0.381 e. The molecule has 0 saturated carbocycles. The number of rotatable bonds is 4. The van der Waals surface area contributed by atoms with Crippen molar-refractivity contribution < 1.29 is 4.74 Å². The van der Waals surface area contributed by atoms with Crippen LogP contribution in [-0.4, -0.2) is 32.5 Å². The second-order valence-corrected chi connectivity index (χ2v) is 6.29. The fourth-order valence-corrected chi connectivity index (χ4v) is 3.17. The molecule has 0 bridgehead atoms. The Labute approximate surface area is 123 Å². The van der Waals surface area contributed by atoms with Crippen molar-refractivity contribution in [3.8, 4) is 0 Å². The number of hydrogen-bond acceptors (Lipinski definition) is 3. The minimum absolute atomic E-state index is 0.0957. The first kappa shape index (κ1) is 13.9. The van der Waals surface area contributed by atoms with E-state index < -0.39 is 0 Å². The molecule has 3 heterocycles. The molecular weight excluding hydrogens is 276 g/mol. The second-order valence-electron chi connectivity index (χ2n) is 5.64. The number of ether oxygens (including phenoxy) is 1. The van der Waals surface area contributed by atoms with Gasteiger partial charge in [0.05, 0.1) is 11.1 Å². The molecule has 0 N–H and O–H groups in total. The van der Waals surface area contributed by atoms with Crippen LogP contribution < -0.4 is 0 Å². The summed E-state index contributed by atoms with van der Waals surface area (Å²) in [6.45, 7) is 6.67. The maximum atomic E-state index is 6.30. The summed E-state index contributed by atoms with van der Waals surface area (Å²) in [4.78, 5) is 4.69. The first-order chi connectivity index (χ1) is 9.58. The zero-order valence-electron chi connectivity index (χ0n) is 12.3. The van der Waals surface area contributed by atoms with Crippen LogP contribution in [0.2, 0.25) is 0 Å². The molecule has 110 valence electrons. The molecule has 2 unspecified atom stereocenters. The molecule has 0 radical (unpaired) electrons. The van der Waals surface area contributed by atoms with Crippen LogP contribution in [0.25, 0.3) is 11.2 Å². The standard InChI is InChI=1S/C14H21ClN4O/c1-9(15)13-16-12-10(2)17-18(3)14(12)19(13)6-4-11-5-7-20-8-11/h9,11H,4-8H2,1-3H3. The lowest BCUT2D eigenvalue weighted by Crippen LogP contribution is -2.11. The lowest BCUT2D eigenvalue weighted by atomic mass is 10.1. The van der Waals surface area contributed by atoms with Crippen molar-refractivity contribution in [3.05, 3.63) is 11.5 Å². The molecular formula is C14H21ClN4O. The fourth-order valence-electron chi connectivity index (χ4n) is 3.00. The molecule has 0 aliphatic carbocycles. The molecule has 6 heteroatoms. The summed E-state index contributed by atoms with van der Waals surface area (Å²) < 4.78 is 9.59. The van der Waals surface area contributed by atoms with E-state index >= 15 is 0 Å². The molecule has 2 atom stereocenters. The van der Waals surface area contributed by atoms with E-state index in [1.165, 1.54) is 0 Å². The van der Waals surface area contributed by atoms with E-state index in [-0.39, 0.29) is 5.38 Å². The Hall–Kier alpha value is -1.07. The van der Waals surface area contributed by atoms with Crippen molar-refractivity contribution in [2.75, 3.05) is 13.2 Å². The molecule has 2 aromatic rings. The zero-order chi connectivity index (χ0) is 14.3. The van der Waals surface area contributed by atoms with Crippen molar-refractivity contribution in [3.63, 3.8) is 0 Å². The molecule has 0 spiro atoms. The van der Waals surface area contributed by atoms with Gasteiger partial charge in [0.2, 0.25) is 0 Å². The topological polar surface area (TPSA) is 44.9 Å². The maximum absolute atomic E-state index is 6.30. The number of alkyl halides is 1. The van der Waals surface area contributed by atoms with Gasteiger partial charge < -0.3 is 9.30 Å². The van der Waals surface area contributed by atoms with E-state index in [4.69, 9.17) is 21.3 Å². The van der Waals surface area contributed by atoms with Crippen LogP contribution in [0, 0.1) is 12.8 Å². The Morgan fingerprint density at radius 1 is 1.50 bits per heavy atom. The first-order valence-electron chi connectivity index (χ1n) is 7.19. The van der Waals surface area contributed by atoms with Crippen molar-refractivity contribution in [1.29, 1.82) is 0 Å². The third-order valence-corrected chi connectivity index (χ3v) is 4.26. The van der Waals surface area contributed by atoms with Gasteiger partial charge in [0.25, 0.3) is 0 Å². The number of halogens is 1. The Morgan fingerprint density at radius 2 is 2.30 bits per heavy atom. The van der Waals surface area contributed by atoms with Crippen LogP contribution in [0.3, 0.4) is 0 Å². The highest BCUT2D eigenvalue weighted by atomic mass is 35.5. The highest BCUT2D eigenvalue weighted by molar-refractivity contribution is 6.20. The number of aromatic nitrogens is 4. The molecule has 1 saturated heterocycles. The number of nitrogens with zero attached hydrogens (tertiary/aromatic N) is 4. The van der Waals surface area contributed by atoms with Crippen LogP contribution in [0.15, 0.2) is 0 Å². The molecule has 1 aliphatic heterocycles. The third kappa shape index (κ3) is 2.33. The summed E-state index contributed by atoms with van der Waals surface area (Å²) in [5, 5.41) is 4.36. The van der Waals surface area contributed by atoms with E-state index in [1.807, 2.05) is 25.6 Å². The van der Waals surface area contributed by atoms with E-state index in [0.29, 0.717) is 5.92 Å². The summed E-state index contributed by atoms with van der Waals surface area (Å²) in [5.41, 5.74) is 3.01. The molecule has 0 aromatic carbocycles. The van der Waals surface area contributed by atoms with Crippen molar-refractivity contribution >= 4 is 22.8 Å². The molecule has 3 rings (SSSR count). The van der Waals surface area contributed by atoms with Gasteiger partial charge in [-0.2, -0.15) is 5.10 Å². The molecule has 2 aromatic heterocycles. The first-order valence-corrected chi connectivity index (χ1v) is 7.63. The van der Waals surface area contributed by atoms with Gasteiger partial charge in [0, 0.05) is 26.8 Å². The summed E-state index contributed by atoms with van der Waals surface area (Å²) in [5.74, 6) is 1.59. The predicted octanol–water partition coefficient (Wildman–Crippen LogP) is 2.80. The minimum atomic E-state index is -0.0957. The van der Waals surface area contributed by atoms with Crippen LogP contribution in [-0.2, 0) is 18.3 Å². The van der Waals surface area contributed by atoms with Gasteiger partial charge in [-0.15, -0.1) is 11.6 Å². The fraction of sp³-hybridized carbons (Fsp3) is 0.714. The monoisotopic (exact) mass is 296 g/mol. The number of hydrogen-bond donors (Lipinski definition) is 0. The predicted molar refractivity (Wildman–Crippen MR) is 79.0 cm³/mol. The van der Waals surface area contributed by atoms with Gasteiger partial charge >= 0.3 is 0 Å². The zero-order valence-corrected chi connectivity index (χ0v) is 13.0. The SMILES string of the molecule is Cc1nn(C)c2c1nc(C(C)Cl)n2CCC1CCOC1. The van der Waals surface area contributed by atoms with Gasteiger partial charge in [-0.3, -0.25) is 4.68 Å². The van der Waals surface area contributed by atoms with Gasteiger partial charge in [-0.05, 0) is 32.6 Å². The van der Waals surface area contributed by atoms with Gasteiger partial charge in [-0.25, -0.2) is 4.98 Å². The lowest BCUT2D eigenvalue weighted by molar-refractivity contribution is 0.183. The van der Waals surface area contributed by atoms with Crippen LogP contribution in [0.4, 0.5) is 0 Å². The summed E-state index contributed by atoms with van der Waals surface area (Å²) in [6.07, 6.45) is 2.26. The maximum Gasteiger partial charge on any atom is 0.158 e. The molecule has 20 heavy (non-hydrogen) atoms. The van der Waals surface area contributed by atoms with Crippen LogP contribution in [0.5, 0.6) is 0 Å². The highest BCUT2D eigenvalue weighted by Gasteiger charge is 2.22.